The van der Waals surface area contributed by atoms with Crippen LogP contribution >= 0.6 is 0 Å². The summed E-state index contributed by atoms with van der Waals surface area (Å²) in [6.45, 7) is 0.315. The van der Waals surface area contributed by atoms with E-state index < -0.39 is 9.84 Å². The SMILES string of the molecule is O=C(NCc1ccc(S(=O)(=O)c2cccc(-c3ccccc3)c2)cc1)C1Cc2cnccc2N1. The van der Waals surface area contributed by atoms with Crippen LogP contribution in [0.2, 0.25) is 0 Å². The van der Waals surface area contributed by atoms with Gasteiger partial charge in [-0.1, -0.05) is 54.6 Å². The molecule has 0 fully saturated rings. The molecule has 0 aliphatic carbocycles. The number of aromatic nitrogens is 1. The first-order valence-corrected chi connectivity index (χ1v) is 12.5. The molecule has 1 amide bonds. The van der Waals surface area contributed by atoms with Gasteiger partial charge in [0.1, 0.15) is 6.04 Å². The van der Waals surface area contributed by atoms with Gasteiger partial charge in [-0.15, -0.1) is 0 Å². The number of nitrogens with zero attached hydrogens (tertiary/aromatic N) is 1. The number of hydrogen-bond donors (Lipinski definition) is 2. The van der Waals surface area contributed by atoms with E-state index in [9.17, 15) is 13.2 Å². The number of nitrogens with one attached hydrogen (secondary N) is 2. The Bertz CT molecular complexity index is 1410. The topological polar surface area (TPSA) is 88.2 Å². The maximum Gasteiger partial charge on any atom is 0.243 e. The summed E-state index contributed by atoms with van der Waals surface area (Å²) in [4.78, 5) is 17.1. The van der Waals surface area contributed by atoms with E-state index >= 15 is 0 Å². The maximum absolute atomic E-state index is 13.2. The molecule has 3 aromatic carbocycles. The number of rotatable bonds is 6. The third-order valence-corrected chi connectivity index (χ3v) is 7.69. The number of carbonyl (C=O) groups is 1. The lowest BCUT2D eigenvalue weighted by molar-refractivity contribution is -0.121. The number of benzene rings is 3. The molecule has 5 rings (SSSR count). The predicted octanol–water partition coefficient (Wildman–Crippen LogP) is 4.23. The number of anilines is 1. The molecule has 2 heterocycles. The molecule has 1 aliphatic rings. The van der Waals surface area contributed by atoms with Crippen LogP contribution in [0.15, 0.2) is 107 Å². The number of amides is 1. The van der Waals surface area contributed by atoms with Gasteiger partial charge in [-0.05, 0) is 52.6 Å². The third-order valence-electron chi connectivity index (χ3n) is 5.93. The van der Waals surface area contributed by atoms with Crippen LogP contribution in [0.1, 0.15) is 11.1 Å². The molecule has 34 heavy (non-hydrogen) atoms. The molecule has 1 aromatic heterocycles. The minimum absolute atomic E-state index is 0.106. The smallest absolute Gasteiger partial charge is 0.243 e. The van der Waals surface area contributed by atoms with E-state index in [1.165, 1.54) is 0 Å². The minimum atomic E-state index is -3.66. The zero-order valence-corrected chi connectivity index (χ0v) is 19.1. The van der Waals surface area contributed by atoms with E-state index in [-0.39, 0.29) is 21.7 Å². The average Bonchev–Trinajstić information content (AvgIpc) is 3.33. The predicted molar refractivity (Wildman–Crippen MR) is 131 cm³/mol. The van der Waals surface area contributed by atoms with Gasteiger partial charge in [-0.3, -0.25) is 9.78 Å². The Morgan fingerprint density at radius 2 is 1.68 bits per heavy atom. The van der Waals surface area contributed by atoms with E-state index in [0.29, 0.717) is 13.0 Å². The van der Waals surface area contributed by atoms with Gasteiger partial charge < -0.3 is 10.6 Å². The molecule has 1 unspecified atom stereocenters. The van der Waals surface area contributed by atoms with Crippen molar-refractivity contribution < 1.29 is 13.2 Å². The van der Waals surface area contributed by atoms with Crippen molar-refractivity contribution >= 4 is 21.4 Å². The molecule has 4 aromatic rings. The molecule has 7 heteroatoms. The molecular formula is C27H23N3O3S. The molecule has 170 valence electrons. The Hall–Kier alpha value is -3.97. The lowest BCUT2D eigenvalue weighted by atomic mass is 10.1. The highest BCUT2D eigenvalue weighted by Crippen LogP contribution is 2.27. The van der Waals surface area contributed by atoms with Gasteiger partial charge in [0.25, 0.3) is 0 Å². The van der Waals surface area contributed by atoms with Crippen LogP contribution in [-0.4, -0.2) is 25.4 Å². The standard InChI is InChI=1S/C27H23N3O3S/c31-27(26-16-22-18-28-14-13-25(22)30-26)29-17-19-9-11-23(12-10-19)34(32,33)24-8-4-7-21(15-24)20-5-2-1-3-6-20/h1-15,18,26,30H,16-17H2,(H,29,31). The van der Waals surface area contributed by atoms with E-state index in [0.717, 1.165) is 27.9 Å². The summed E-state index contributed by atoms with van der Waals surface area (Å²) < 4.78 is 26.4. The van der Waals surface area contributed by atoms with Crippen LogP contribution in [0, 0.1) is 0 Å². The largest absolute Gasteiger partial charge is 0.373 e. The van der Waals surface area contributed by atoms with E-state index in [1.54, 1.807) is 54.9 Å². The minimum Gasteiger partial charge on any atom is -0.373 e. The highest BCUT2D eigenvalue weighted by Gasteiger charge is 2.26. The van der Waals surface area contributed by atoms with Crippen molar-refractivity contribution in [2.24, 2.45) is 0 Å². The number of sulfone groups is 1. The number of carbonyl (C=O) groups excluding carboxylic acids is 1. The van der Waals surface area contributed by atoms with Crippen molar-refractivity contribution in [3.8, 4) is 11.1 Å². The number of pyridine rings is 1. The van der Waals surface area contributed by atoms with Crippen LogP contribution in [-0.2, 0) is 27.6 Å². The summed E-state index contributed by atoms with van der Waals surface area (Å²) >= 11 is 0. The Morgan fingerprint density at radius 1 is 0.912 bits per heavy atom. The molecule has 6 nitrogen and oxygen atoms in total. The van der Waals surface area contributed by atoms with Crippen molar-refractivity contribution in [3.05, 3.63) is 108 Å². The fourth-order valence-corrected chi connectivity index (χ4v) is 5.36. The third kappa shape index (κ3) is 4.43. The van der Waals surface area contributed by atoms with Crippen LogP contribution < -0.4 is 10.6 Å². The highest BCUT2D eigenvalue weighted by molar-refractivity contribution is 7.91. The summed E-state index contributed by atoms with van der Waals surface area (Å²) in [5.74, 6) is -0.106. The van der Waals surface area contributed by atoms with Crippen molar-refractivity contribution in [1.29, 1.82) is 0 Å². The fraction of sp³-hybridized carbons (Fsp3) is 0.111. The molecule has 0 saturated carbocycles. The first-order chi connectivity index (χ1) is 16.5. The highest BCUT2D eigenvalue weighted by atomic mass is 32.2. The summed E-state index contributed by atoms with van der Waals surface area (Å²) in [6, 6.07) is 24.8. The van der Waals surface area contributed by atoms with Gasteiger partial charge >= 0.3 is 0 Å². The van der Waals surface area contributed by atoms with Gasteiger partial charge in [0.15, 0.2) is 0 Å². The number of hydrogen-bond acceptors (Lipinski definition) is 5. The normalized spacial score (nSPS) is 14.8. The Kier molecular flexibility index (Phi) is 5.86. The molecule has 1 atom stereocenters. The molecule has 0 saturated heterocycles. The summed E-state index contributed by atoms with van der Waals surface area (Å²) in [6.07, 6.45) is 4.05. The van der Waals surface area contributed by atoms with Crippen molar-refractivity contribution in [2.45, 2.75) is 28.8 Å². The second-order valence-corrected chi connectivity index (χ2v) is 10.1. The van der Waals surface area contributed by atoms with Gasteiger partial charge in [-0.25, -0.2) is 8.42 Å². The second kappa shape index (κ2) is 9.11. The van der Waals surface area contributed by atoms with Crippen LogP contribution in [0.3, 0.4) is 0 Å². The van der Waals surface area contributed by atoms with Crippen LogP contribution in [0.25, 0.3) is 11.1 Å². The zero-order chi connectivity index (χ0) is 23.5. The summed E-state index contributed by atoms with van der Waals surface area (Å²) in [7, 11) is -3.66. The Balaban J connectivity index is 1.26. The van der Waals surface area contributed by atoms with Crippen LogP contribution in [0.5, 0.6) is 0 Å². The zero-order valence-electron chi connectivity index (χ0n) is 18.3. The van der Waals surface area contributed by atoms with Crippen molar-refractivity contribution in [3.63, 3.8) is 0 Å². The van der Waals surface area contributed by atoms with Crippen molar-refractivity contribution in [2.75, 3.05) is 5.32 Å². The molecule has 2 N–H and O–H groups in total. The summed E-state index contributed by atoms with van der Waals surface area (Å²) in [5, 5.41) is 6.12. The Labute approximate surface area is 198 Å². The Morgan fingerprint density at radius 3 is 2.44 bits per heavy atom. The second-order valence-electron chi connectivity index (χ2n) is 8.19. The fourth-order valence-electron chi connectivity index (χ4n) is 4.06. The van der Waals surface area contributed by atoms with E-state index in [1.807, 2.05) is 42.5 Å². The van der Waals surface area contributed by atoms with Crippen molar-refractivity contribution in [1.82, 2.24) is 10.3 Å². The van der Waals surface area contributed by atoms with Gasteiger partial charge in [0.2, 0.25) is 15.7 Å². The first-order valence-electron chi connectivity index (χ1n) is 11.0. The molecular weight excluding hydrogens is 446 g/mol. The van der Waals surface area contributed by atoms with Crippen LogP contribution in [0.4, 0.5) is 5.69 Å². The first kappa shape index (κ1) is 21.9. The van der Waals surface area contributed by atoms with Gasteiger partial charge in [0.05, 0.1) is 9.79 Å². The lowest BCUT2D eigenvalue weighted by Gasteiger charge is -2.12. The quantitative estimate of drug-likeness (QED) is 0.441. The van der Waals surface area contributed by atoms with Gasteiger partial charge in [0, 0.05) is 31.0 Å². The molecule has 0 radical (unpaired) electrons. The maximum atomic E-state index is 13.2. The average molecular weight is 470 g/mol. The van der Waals surface area contributed by atoms with E-state index in [2.05, 4.69) is 15.6 Å². The summed E-state index contributed by atoms with van der Waals surface area (Å²) in [5.41, 5.74) is 4.58. The number of fused-ring (bicyclic) bond motifs is 1. The monoisotopic (exact) mass is 469 g/mol. The van der Waals surface area contributed by atoms with Gasteiger partial charge in [-0.2, -0.15) is 0 Å². The lowest BCUT2D eigenvalue weighted by Crippen LogP contribution is -2.38. The molecule has 1 aliphatic heterocycles. The molecule has 0 bridgehead atoms. The van der Waals surface area contributed by atoms with E-state index in [4.69, 9.17) is 0 Å². The molecule has 0 spiro atoms.